The summed E-state index contributed by atoms with van der Waals surface area (Å²) < 4.78 is 5.72. The Morgan fingerprint density at radius 2 is 2.05 bits per heavy atom. The molecule has 0 fully saturated rings. The molecule has 3 rings (SSSR count). The molecule has 2 aromatic rings. The van der Waals surface area contributed by atoms with Gasteiger partial charge in [-0.2, -0.15) is 0 Å². The van der Waals surface area contributed by atoms with Crippen LogP contribution in [0.15, 0.2) is 48.7 Å². The van der Waals surface area contributed by atoms with Crippen LogP contribution in [-0.2, 0) is 17.8 Å². The van der Waals surface area contributed by atoms with Crippen LogP contribution in [0, 0.1) is 0 Å². The highest BCUT2D eigenvalue weighted by molar-refractivity contribution is 5.25. The van der Waals surface area contributed by atoms with Crippen molar-refractivity contribution in [2.45, 2.75) is 31.9 Å². The standard InChI is InChI=1S/C18H22N2O/c1-2-6-15(7-3-1)14-21-13-12-19-17-10-4-8-16-9-5-11-20-18(16)17/h1-3,5-7,9,11,17,19H,4,8,10,12-14H2. The van der Waals surface area contributed by atoms with Gasteiger partial charge in [-0.1, -0.05) is 36.4 Å². The van der Waals surface area contributed by atoms with Gasteiger partial charge in [0.15, 0.2) is 0 Å². The van der Waals surface area contributed by atoms with Gasteiger partial charge < -0.3 is 10.1 Å². The lowest BCUT2D eigenvalue weighted by Crippen LogP contribution is -2.29. The number of aryl methyl sites for hydroxylation is 1. The summed E-state index contributed by atoms with van der Waals surface area (Å²) in [6.45, 7) is 2.28. The fraction of sp³-hybridized carbons (Fsp3) is 0.389. The number of benzene rings is 1. The maximum absolute atomic E-state index is 5.72. The van der Waals surface area contributed by atoms with Gasteiger partial charge in [-0.25, -0.2) is 0 Å². The Labute approximate surface area is 126 Å². The van der Waals surface area contributed by atoms with Gasteiger partial charge in [0.05, 0.1) is 18.9 Å². The number of pyridine rings is 1. The van der Waals surface area contributed by atoms with Gasteiger partial charge in [-0.3, -0.25) is 4.98 Å². The van der Waals surface area contributed by atoms with Crippen LogP contribution in [0.5, 0.6) is 0 Å². The zero-order valence-corrected chi connectivity index (χ0v) is 12.3. The van der Waals surface area contributed by atoms with E-state index in [1.807, 2.05) is 30.5 Å². The van der Waals surface area contributed by atoms with E-state index >= 15 is 0 Å². The molecule has 0 bridgehead atoms. The summed E-state index contributed by atoms with van der Waals surface area (Å²) in [5.41, 5.74) is 3.85. The third-order valence-electron chi connectivity index (χ3n) is 3.94. The Balaban J connectivity index is 1.42. The lowest BCUT2D eigenvalue weighted by atomic mass is 9.92. The van der Waals surface area contributed by atoms with E-state index < -0.39 is 0 Å². The van der Waals surface area contributed by atoms with E-state index in [4.69, 9.17) is 4.74 Å². The van der Waals surface area contributed by atoms with Crippen LogP contribution in [0.4, 0.5) is 0 Å². The van der Waals surface area contributed by atoms with Crippen molar-refractivity contribution in [2.75, 3.05) is 13.2 Å². The van der Waals surface area contributed by atoms with Crippen molar-refractivity contribution in [2.24, 2.45) is 0 Å². The first-order chi connectivity index (χ1) is 10.4. The number of hydrogen-bond acceptors (Lipinski definition) is 3. The first-order valence-corrected chi connectivity index (χ1v) is 7.72. The lowest BCUT2D eigenvalue weighted by Gasteiger charge is -2.25. The number of rotatable bonds is 6. The number of nitrogens with zero attached hydrogens (tertiary/aromatic N) is 1. The van der Waals surface area contributed by atoms with Gasteiger partial charge in [0.25, 0.3) is 0 Å². The zero-order chi connectivity index (χ0) is 14.3. The highest BCUT2D eigenvalue weighted by Crippen LogP contribution is 2.27. The molecule has 0 amide bonds. The van der Waals surface area contributed by atoms with Crippen LogP contribution in [0.2, 0.25) is 0 Å². The molecule has 1 unspecified atom stereocenters. The average molecular weight is 282 g/mol. The molecule has 1 aromatic heterocycles. The van der Waals surface area contributed by atoms with Crippen molar-refractivity contribution in [3.63, 3.8) is 0 Å². The monoisotopic (exact) mass is 282 g/mol. The van der Waals surface area contributed by atoms with E-state index in [9.17, 15) is 0 Å². The van der Waals surface area contributed by atoms with Crippen molar-refractivity contribution < 1.29 is 4.74 Å². The normalized spacial score (nSPS) is 17.4. The van der Waals surface area contributed by atoms with Crippen molar-refractivity contribution in [3.05, 3.63) is 65.5 Å². The molecule has 0 aliphatic heterocycles. The summed E-state index contributed by atoms with van der Waals surface area (Å²) in [6, 6.07) is 14.9. The van der Waals surface area contributed by atoms with Crippen LogP contribution in [-0.4, -0.2) is 18.1 Å². The lowest BCUT2D eigenvalue weighted by molar-refractivity contribution is 0.120. The smallest absolute Gasteiger partial charge is 0.0717 e. The SMILES string of the molecule is c1ccc(COCCNC2CCCc3cccnc32)cc1. The molecular weight excluding hydrogens is 260 g/mol. The number of fused-ring (bicyclic) bond motifs is 1. The number of aromatic nitrogens is 1. The van der Waals surface area contributed by atoms with Gasteiger partial charge >= 0.3 is 0 Å². The van der Waals surface area contributed by atoms with Crippen LogP contribution in [0.3, 0.4) is 0 Å². The molecule has 110 valence electrons. The summed E-state index contributed by atoms with van der Waals surface area (Å²) in [5.74, 6) is 0. The molecule has 1 atom stereocenters. The third-order valence-corrected chi connectivity index (χ3v) is 3.94. The molecule has 0 saturated carbocycles. The van der Waals surface area contributed by atoms with Gasteiger partial charge in [0, 0.05) is 18.8 Å². The molecule has 1 aliphatic rings. The van der Waals surface area contributed by atoms with E-state index in [1.165, 1.54) is 29.7 Å². The molecule has 0 saturated heterocycles. The van der Waals surface area contributed by atoms with Crippen molar-refractivity contribution in [1.82, 2.24) is 10.3 Å². The minimum absolute atomic E-state index is 0.385. The fourth-order valence-electron chi connectivity index (χ4n) is 2.88. The van der Waals surface area contributed by atoms with Crippen molar-refractivity contribution in [1.29, 1.82) is 0 Å². The Hall–Kier alpha value is -1.71. The topological polar surface area (TPSA) is 34.1 Å². The third kappa shape index (κ3) is 3.90. The Morgan fingerprint density at radius 3 is 2.95 bits per heavy atom. The maximum Gasteiger partial charge on any atom is 0.0717 e. The molecule has 1 N–H and O–H groups in total. The second-order valence-electron chi connectivity index (χ2n) is 5.48. The molecular formula is C18H22N2O. The van der Waals surface area contributed by atoms with Gasteiger partial charge in [0.1, 0.15) is 0 Å². The predicted octanol–water partition coefficient (Wildman–Crippen LogP) is 3.27. The van der Waals surface area contributed by atoms with Crippen molar-refractivity contribution in [3.8, 4) is 0 Å². The minimum atomic E-state index is 0.385. The average Bonchev–Trinajstić information content (AvgIpc) is 2.56. The van der Waals surface area contributed by atoms with E-state index in [1.54, 1.807) is 0 Å². The number of ether oxygens (including phenoxy) is 1. The largest absolute Gasteiger partial charge is 0.375 e. The molecule has 3 nitrogen and oxygen atoms in total. The Kier molecular flexibility index (Phi) is 4.98. The second-order valence-corrected chi connectivity index (χ2v) is 5.48. The summed E-state index contributed by atoms with van der Waals surface area (Å²) in [5, 5.41) is 3.58. The molecule has 0 spiro atoms. The van der Waals surface area contributed by atoms with Crippen LogP contribution in [0.25, 0.3) is 0 Å². The molecule has 1 heterocycles. The van der Waals surface area contributed by atoms with Crippen LogP contribution in [0.1, 0.15) is 35.7 Å². The quantitative estimate of drug-likeness (QED) is 0.826. The zero-order valence-electron chi connectivity index (χ0n) is 12.3. The molecule has 0 radical (unpaired) electrons. The second kappa shape index (κ2) is 7.34. The van der Waals surface area contributed by atoms with Crippen molar-refractivity contribution >= 4 is 0 Å². The molecule has 21 heavy (non-hydrogen) atoms. The van der Waals surface area contributed by atoms with Gasteiger partial charge in [0.2, 0.25) is 0 Å². The predicted molar refractivity (Wildman–Crippen MR) is 84.0 cm³/mol. The minimum Gasteiger partial charge on any atom is -0.375 e. The summed E-state index contributed by atoms with van der Waals surface area (Å²) >= 11 is 0. The maximum atomic E-state index is 5.72. The Morgan fingerprint density at radius 1 is 1.14 bits per heavy atom. The number of hydrogen-bond donors (Lipinski definition) is 1. The first-order valence-electron chi connectivity index (χ1n) is 7.72. The highest BCUT2D eigenvalue weighted by atomic mass is 16.5. The van der Waals surface area contributed by atoms with Gasteiger partial charge in [-0.15, -0.1) is 0 Å². The number of nitrogens with one attached hydrogen (secondary N) is 1. The van der Waals surface area contributed by atoms with E-state index in [2.05, 4.69) is 28.5 Å². The van der Waals surface area contributed by atoms with Crippen LogP contribution < -0.4 is 5.32 Å². The van der Waals surface area contributed by atoms with Crippen LogP contribution >= 0.6 is 0 Å². The molecule has 1 aliphatic carbocycles. The summed E-state index contributed by atoms with van der Waals surface area (Å²) in [6.07, 6.45) is 5.46. The summed E-state index contributed by atoms with van der Waals surface area (Å²) in [7, 11) is 0. The Bertz CT molecular complexity index is 556. The molecule has 3 heteroatoms. The summed E-state index contributed by atoms with van der Waals surface area (Å²) in [4.78, 5) is 4.54. The molecule has 1 aromatic carbocycles. The first kappa shape index (κ1) is 14.2. The van der Waals surface area contributed by atoms with E-state index in [0.717, 1.165) is 19.6 Å². The highest BCUT2D eigenvalue weighted by Gasteiger charge is 2.20. The van der Waals surface area contributed by atoms with Gasteiger partial charge in [-0.05, 0) is 36.5 Å². The van der Waals surface area contributed by atoms with E-state index in [-0.39, 0.29) is 0 Å². The fourth-order valence-corrected chi connectivity index (χ4v) is 2.88. The van der Waals surface area contributed by atoms with E-state index in [0.29, 0.717) is 12.6 Å².